The minimum absolute atomic E-state index is 0.0261. The molecule has 4 nitrogen and oxygen atoms in total. The topological polar surface area (TPSA) is 15.8 Å². The molecule has 320 valence electrons. The minimum atomic E-state index is -0.0521. The first kappa shape index (κ1) is 38.5. The molecular weight excluding hydrogens is 812 g/mol. The lowest BCUT2D eigenvalue weighted by atomic mass is 9.33. The van der Waals surface area contributed by atoms with Crippen molar-refractivity contribution in [1.29, 1.82) is 0 Å². The number of benzene rings is 9. The second kappa shape index (κ2) is 13.4. The van der Waals surface area contributed by atoms with Crippen molar-refractivity contribution >= 4 is 117 Å². The summed E-state index contributed by atoms with van der Waals surface area (Å²) in [6.07, 6.45) is 0. The summed E-state index contributed by atoms with van der Waals surface area (Å²) < 4.78 is 5.03. The Morgan fingerprint density at radius 3 is 1.49 bits per heavy atom. The SMILES string of the molecule is CC(C)(C)c1ccc(N2c3ccc(C(C)(C)C)cc3B3c4cc5c6cccc7c8ccccc8n(c5cc4N(c4ccccc4)c4cc(-n5c8ccccc8c8ccccc85)cc2c43)c76)cc1. The van der Waals surface area contributed by atoms with Gasteiger partial charge in [0.2, 0.25) is 0 Å². The van der Waals surface area contributed by atoms with Crippen LogP contribution in [0.2, 0.25) is 0 Å². The lowest BCUT2D eigenvalue weighted by molar-refractivity contribution is 0.590. The standard InChI is InChI=1S/C62H49BN4/c1-61(2,3)38-27-30-41(31-28-38)64-54-32-29-39(62(4,5)6)33-49(54)63-50-36-48-47-23-16-22-46-45-21-12-15-26-53(45)67(60(46)47)55(48)37-56(50)65(40-17-8-7-9-18-40)58-35-42(34-57(64)59(58)63)66-51-24-13-10-19-43(51)44-20-11-14-25-52(44)66/h7-37H,1-6H3. The van der Waals surface area contributed by atoms with E-state index >= 15 is 0 Å². The third kappa shape index (κ3) is 5.31. The van der Waals surface area contributed by atoms with E-state index in [1.54, 1.807) is 0 Å². The van der Waals surface area contributed by atoms with Crippen molar-refractivity contribution < 1.29 is 0 Å². The lowest BCUT2D eigenvalue weighted by Gasteiger charge is -2.45. The molecule has 0 aliphatic carbocycles. The molecule has 2 aliphatic rings. The van der Waals surface area contributed by atoms with E-state index < -0.39 is 0 Å². The van der Waals surface area contributed by atoms with Gasteiger partial charge in [0, 0.05) is 66.4 Å². The van der Waals surface area contributed by atoms with Gasteiger partial charge < -0.3 is 18.8 Å². The van der Waals surface area contributed by atoms with Crippen LogP contribution in [0.3, 0.4) is 0 Å². The Labute approximate surface area is 391 Å². The van der Waals surface area contributed by atoms with Crippen LogP contribution in [-0.4, -0.2) is 15.7 Å². The molecule has 5 heterocycles. The molecule has 0 amide bonds. The van der Waals surface area contributed by atoms with Gasteiger partial charge in [0.25, 0.3) is 6.71 Å². The zero-order valence-corrected chi connectivity index (χ0v) is 38.8. The van der Waals surface area contributed by atoms with Crippen LogP contribution < -0.4 is 26.2 Å². The third-order valence-electron chi connectivity index (χ3n) is 15.1. The van der Waals surface area contributed by atoms with Gasteiger partial charge in [0.1, 0.15) is 0 Å². The van der Waals surface area contributed by atoms with Crippen LogP contribution in [0.15, 0.2) is 188 Å². The van der Waals surface area contributed by atoms with Gasteiger partial charge in [0.05, 0.1) is 33.3 Å². The van der Waals surface area contributed by atoms with Crippen molar-refractivity contribution in [2.75, 3.05) is 9.80 Å². The molecule has 12 aromatic rings. The lowest BCUT2D eigenvalue weighted by Crippen LogP contribution is -2.61. The predicted octanol–water partition coefficient (Wildman–Crippen LogP) is 14.6. The molecule has 3 aromatic heterocycles. The maximum atomic E-state index is 2.58. The van der Waals surface area contributed by atoms with Crippen LogP contribution in [0, 0.1) is 0 Å². The Bertz CT molecular complexity index is 3960. The molecule has 0 unspecified atom stereocenters. The maximum Gasteiger partial charge on any atom is 0.252 e. The van der Waals surface area contributed by atoms with Gasteiger partial charge in [-0.05, 0) is 105 Å². The van der Waals surface area contributed by atoms with E-state index in [1.807, 2.05) is 0 Å². The number of rotatable bonds is 3. The number of aromatic nitrogens is 2. The van der Waals surface area contributed by atoms with Crippen molar-refractivity contribution in [3.05, 3.63) is 199 Å². The molecule has 14 rings (SSSR count). The first-order valence-corrected chi connectivity index (χ1v) is 23.8. The maximum absolute atomic E-state index is 2.58. The van der Waals surface area contributed by atoms with E-state index in [1.165, 1.54) is 110 Å². The first-order chi connectivity index (χ1) is 32.5. The Balaban J connectivity index is 1.16. The summed E-state index contributed by atoms with van der Waals surface area (Å²) in [5.74, 6) is 0. The monoisotopic (exact) mass is 860 g/mol. The highest BCUT2D eigenvalue weighted by atomic mass is 15.2. The number of nitrogens with zero attached hydrogens (tertiary/aromatic N) is 4. The highest BCUT2D eigenvalue weighted by Gasteiger charge is 2.45. The summed E-state index contributed by atoms with van der Waals surface area (Å²) in [7, 11) is 0. The van der Waals surface area contributed by atoms with Gasteiger partial charge in [-0.2, -0.15) is 0 Å². The highest BCUT2D eigenvalue weighted by Crippen LogP contribution is 2.49. The predicted molar refractivity (Wildman–Crippen MR) is 287 cm³/mol. The molecule has 5 heteroatoms. The van der Waals surface area contributed by atoms with E-state index in [4.69, 9.17) is 0 Å². The van der Waals surface area contributed by atoms with Crippen LogP contribution in [0.1, 0.15) is 52.7 Å². The van der Waals surface area contributed by atoms with Crippen LogP contribution in [0.25, 0.3) is 65.6 Å². The highest BCUT2D eigenvalue weighted by molar-refractivity contribution is 7.00. The molecule has 0 bridgehead atoms. The zero-order valence-electron chi connectivity index (χ0n) is 38.8. The van der Waals surface area contributed by atoms with Crippen LogP contribution >= 0.6 is 0 Å². The van der Waals surface area contributed by atoms with Gasteiger partial charge in [-0.25, -0.2) is 0 Å². The Kier molecular flexibility index (Phi) is 7.71. The van der Waals surface area contributed by atoms with E-state index in [-0.39, 0.29) is 17.5 Å². The summed E-state index contributed by atoms with van der Waals surface area (Å²) in [5.41, 5.74) is 21.0. The molecule has 0 saturated carbocycles. The second-order valence-electron chi connectivity index (χ2n) is 21.0. The molecule has 9 aromatic carbocycles. The van der Waals surface area contributed by atoms with E-state index in [0.29, 0.717) is 0 Å². The zero-order chi connectivity index (χ0) is 45.1. The van der Waals surface area contributed by atoms with E-state index in [2.05, 4.69) is 248 Å². The summed E-state index contributed by atoms with van der Waals surface area (Å²) in [5, 5.41) is 7.68. The molecule has 0 N–H and O–H groups in total. The average molecular weight is 861 g/mol. The number of anilines is 6. The molecule has 0 fully saturated rings. The fourth-order valence-corrected chi connectivity index (χ4v) is 11.9. The Morgan fingerprint density at radius 2 is 0.851 bits per heavy atom. The van der Waals surface area contributed by atoms with Crippen molar-refractivity contribution in [3.8, 4) is 5.69 Å². The summed E-state index contributed by atoms with van der Waals surface area (Å²) in [6.45, 7) is 13.9. The second-order valence-corrected chi connectivity index (χ2v) is 21.0. The first-order valence-electron chi connectivity index (χ1n) is 23.8. The Hall–Kier alpha value is -7.76. The van der Waals surface area contributed by atoms with Crippen molar-refractivity contribution in [3.63, 3.8) is 0 Å². The van der Waals surface area contributed by atoms with Crippen LogP contribution in [0.4, 0.5) is 34.1 Å². The van der Waals surface area contributed by atoms with Crippen LogP contribution in [0.5, 0.6) is 0 Å². The average Bonchev–Trinajstić information content (AvgIpc) is 3.98. The minimum Gasteiger partial charge on any atom is -0.311 e. The molecule has 0 spiro atoms. The molecule has 2 aliphatic heterocycles. The van der Waals surface area contributed by atoms with E-state index in [0.717, 1.165) is 17.1 Å². The molecule has 67 heavy (non-hydrogen) atoms. The van der Waals surface area contributed by atoms with Gasteiger partial charge in [-0.15, -0.1) is 0 Å². The summed E-state index contributed by atoms with van der Waals surface area (Å²) in [4.78, 5) is 5.15. The van der Waals surface area contributed by atoms with Gasteiger partial charge in [-0.1, -0.05) is 163 Å². The normalized spacial score (nSPS) is 13.7. The van der Waals surface area contributed by atoms with Crippen LogP contribution in [-0.2, 0) is 10.8 Å². The van der Waals surface area contributed by atoms with Crippen molar-refractivity contribution in [2.24, 2.45) is 0 Å². The Morgan fingerprint density at radius 1 is 0.343 bits per heavy atom. The van der Waals surface area contributed by atoms with Crippen molar-refractivity contribution in [2.45, 2.75) is 52.4 Å². The number of hydrogen-bond donors (Lipinski definition) is 0. The largest absolute Gasteiger partial charge is 0.311 e. The third-order valence-corrected chi connectivity index (χ3v) is 15.1. The van der Waals surface area contributed by atoms with Crippen molar-refractivity contribution in [1.82, 2.24) is 8.97 Å². The molecular formula is C62H49BN4. The van der Waals surface area contributed by atoms with E-state index in [9.17, 15) is 0 Å². The number of para-hydroxylation sites is 5. The quantitative estimate of drug-likeness (QED) is 0.165. The summed E-state index contributed by atoms with van der Waals surface area (Å²) in [6, 6.07) is 71.4. The molecule has 0 radical (unpaired) electrons. The van der Waals surface area contributed by atoms with Gasteiger partial charge in [-0.3, -0.25) is 0 Å². The number of hydrogen-bond acceptors (Lipinski definition) is 2. The fourth-order valence-electron chi connectivity index (χ4n) is 11.9. The van der Waals surface area contributed by atoms with Gasteiger partial charge in [0.15, 0.2) is 0 Å². The van der Waals surface area contributed by atoms with Gasteiger partial charge >= 0.3 is 0 Å². The molecule has 0 atom stereocenters. The smallest absolute Gasteiger partial charge is 0.252 e. The number of fused-ring (bicyclic) bond motifs is 13. The summed E-state index contributed by atoms with van der Waals surface area (Å²) >= 11 is 0. The molecule has 0 saturated heterocycles. The fraction of sp³-hybridized carbons (Fsp3) is 0.129.